The molecule has 0 aromatic heterocycles. The molecule has 1 aliphatic rings. The lowest BCUT2D eigenvalue weighted by molar-refractivity contribution is -0.146. The number of rotatable bonds is 1. The van der Waals surface area contributed by atoms with Gasteiger partial charge in [-0.1, -0.05) is 17.7 Å². The molecule has 0 fully saturated rings. The molecule has 86 valence electrons. The lowest BCUT2D eigenvalue weighted by atomic mass is 10.1. The molecule has 2 unspecified atom stereocenters. The molecule has 1 aromatic carbocycles. The zero-order valence-electron chi connectivity index (χ0n) is 8.98. The largest absolute Gasteiger partial charge is 0.478 e. The summed E-state index contributed by atoms with van der Waals surface area (Å²) in [5.41, 5.74) is 0.817. The first-order chi connectivity index (χ1) is 7.52. The number of halogens is 1. The molecule has 16 heavy (non-hydrogen) atoms. The first-order valence-electron chi connectivity index (χ1n) is 4.93. The summed E-state index contributed by atoms with van der Waals surface area (Å²) in [7, 11) is 1.83. The predicted octanol–water partition coefficient (Wildman–Crippen LogP) is 2.01. The minimum absolute atomic E-state index is 0.233. The van der Waals surface area contributed by atoms with Gasteiger partial charge in [-0.15, -0.1) is 0 Å². The molecule has 1 N–H and O–H groups in total. The molecule has 1 aliphatic heterocycles. The maximum Gasteiger partial charge on any atom is 0.347 e. The normalized spacial score (nSPS) is 23.6. The molecule has 1 heterocycles. The second-order valence-electron chi connectivity index (χ2n) is 3.82. The molecule has 2 rings (SSSR count). The molecule has 0 saturated carbocycles. The fourth-order valence-corrected chi connectivity index (χ4v) is 2.01. The van der Waals surface area contributed by atoms with Gasteiger partial charge in [0, 0.05) is 7.05 Å². The number of carboxylic acids is 1. The highest BCUT2D eigenvalue weighted by atomic mass is 35.5. The Balaban J connectivity index is 2.48. The number of hydrogen-bond donors (Lipinski definition) is 1. The van der Waals surface area contributed by atoms with Crippen LogP contribution in [-0.2, 0) is 4.79 Å². The van der Waals surface area contributed by atoms with Gasteiger partial charge in [-0.2, -0.15) is 0 Å². The minimum atomic E-state index is -0.982. The molecule has 0 saturated heterocycles. The summed E-state index contributed by atoms with van der Waals surface area (Å²) in [6, 6.07) is 5.12. The van der Waals surface area contributed by atoms with Crippen LogP contribution in [0.5, 0.6) is 5.75 Å². The third kappa shape index (κ3) is 1.59. The van der Waals surface area contributed by atoms with E-state index in [1.807, 2.05) is 31.0 Å². The van der Waals surface area contributed by atoms with Crippen molar-refractivity contribution in [1.29, 1.82) is 0 Å². The maximum atomic E-state index is 11.0. The summed E-state index contributed by atoms with van der Waals surface area (Å²) in [5, 5.41) is 9.48. The fraction of sp³-hybridized carbons (Fsp3) is 0.364. The van der Waals surface area contributed by atoms with Gasteiger partial charge in [-0.25, -0.2) is 4.79 Å². The number of likely N-dealkylation sites (N-methyl/N-ethyl adjacent to an activating group) is 1. The maximum absolute atomic E-state index is 11.0. The Bertz CT molecular complexity index is 435. The smallest absolute Gasteiger partial charge is 0.347 e. The van der Waals surface area contributed by atoms with E-state index in [0.717, 1.165) is 5.69 Å². The van der Waals surface area contributed by atoms with Gasteiger partial charge in [0.05, 0.1) is 16.8 Å². The zero-order chi connectivity index (χ0) is 11.9. The second-order valence-corrected chi connectivity index (χ2v) is 4.22. The Labute approximate surface area is 98.4 Å². The van der Waals surface area contributed by atoms with E-state index in [2.05, 4.69) is 0 Å². The van der Waals surface area contributed by atoms with Gasteiger partial charge in [0.15, 0.2) is 5.75 Å². The van der Waals surface area contributed by atoms with Crippen molar-refractivity contribution in [2.24, 2.45) is 0 Å². The number of fused-ring (bicyclic) bond motifs is 1. The van der Waals surface area contributed by atoms with E-state index >= 15 is 0 Å². The quantitative estimate of drug-likeness (QED) is 0.817. The van der Waals surface area contributed by atoms with Gasteiger partial charge in [0.2, 0.25) is 6.10 Å². The van der Waals surface area contributed by atoms with E-state index in [0.29, 0.717) is 10.8 Å². The molecule has 0 bridgehead atoms. The molecule has 4 nitrogen and oxygen atoms in total. The number of ether oxygens (including phenoxy) is 1. The Kier molecular flexibility index (Phi) is 2.68. The van der Waals surface area contributed by atoms with E-state index in [-0.39, 0.29) is 6.04 Å². The molecule has 0 spiro atoms. The predicted molar refractivity (Wildman–Crippen MR) is 61.4 cm³/mol. The summed E-state index contributed by atoms with van der Waals surface area (Å²) in [6.45, 7) is 1.81. The molecule has 5 heteroatoms. The molecule has 0 aliphatic carbocycles. The van der Waals surface area contributed by atoms with Crippen LogP contribution < -0.4 is 9.64 Å². The number of para-hydroxylation sites is 1. The van der Waals surface area contributed by atoms with Crippen molar-refractivity contribution in [2.45, 2.75) is 19.1 Å². The SMILES string of the molecule is CC1C(C(=O)O)Oc2c(Cl)cccc2N1C. The van der Waals surface area contributed by atoms with E-state index < -0.39 is 12.1 Å². The van der Waals surface area contributed by atoms with Crippen molar-refractivity contribution in [3.05, 3.63) is 23.2 Å². The zero-order valence-corrected chi connectivity index (χ0v) is 9.73. The van der Waals surface area contributed by atoms with Gasteiger partial charge in [0.1, 0.15) is 0 Å². The molecular formula is C11H12ClNO3. The summed E-state index contributed by atoms with van der Waals surface area (Å²) in [5.74, 6) is -0.540. The standard InChI is InChI=1S/C11H12ClNO3/c1-6-9(11(14)15)16-10-7(12)4-3-5-8(10)13(6)2/h3-6,9H,1-2H3,(H,14,15). The molecule has 0 radical (unpaired) electrons. The van der Waals surface area contributed by atoms with Crippen LogP contribution in [0.4, 0.5) is 5.69 Å². The lowest BCUT2D eigenvalue weighted by Gasteiger charge is -2.38. The van der Waals surface area contributed by atoms with Crippen LogP contribution in [0, 0.1) is 0 Å². The molecule has 2 atom stereocenters. The first kappa shape index (κ1) is 11.1. The number of benzene rings is 1. The highest BCUT2D eigenvalue weighted by molar-refractivity contribution is 6.32. The van der Waals surface area contributed by atoms with Crippen molar-refractivity contribution in [3.8, 4) is 5.75 Å². The van der Waals surface area contributed by atoms with Crippen molar-refractivity contribution < 1.29 is 14.6 Å². The van der Waals surface area contributed by atoms with Crippen LogP contribution in [0.2, 0.25) is 5.02 Å². The molecule has 1 aromatic rings. The van der Waals surface area contributed by atoms with Gasteiger partial charge in [0.25, 0.3) is 0 Å². The number of nitrogens with zero attached hydrogens (tertiary/aromatic N) is 1. The molecule has 0 amide bonds. The van der Waals surface area contributed by atoms with Crippen LogP contribution >= 0.6 is 11.6 Å². The number of hydrogen-bond acceptors (Lipinski definition) is 3. The van der Waals surface area contributed by atoms with Crippen LogP contribution in [0.3, 0.4) is 0 Å². The Morgan fingerprint density at radius 3 is 2.88 bits per heavy atom. The number of carboxylic acid groups (broad SMARTS) is 1. The monoisotopic (exact) mass is 241 g/mol. The van der Waals surface area contributed by atoms with Crippen LogP contribution in [0.1, 0.15) is 6.92 Å². The Hall–Kier alpha value is -1.42. The van der Waals surface area contributed by atoms with Gasteiger partial charge in [-0.05, 0) is 19.1 Å². The van der Waals surface area contributed by atoms with Crippen LogP contribution in [0.25, 0.3) is 0 Å². The highest BCUT2D eigenvalue weighted by Gasteiger charge is 2.36. The first-order valence-corrected chi connectivity index (χ1v) is 5.31. The summed E-state index contributed by atoms with van der Waals surface area (Å²) >= 11 is 5.98. The van der Waals surface area contributed by atoms with E-state index in [1.165, 1.54) is 0 Å². The lowest BCUT2D eigenvalue weighted by Crippen LogP contribution is -2.50. The van der Waals surface area contributed by atoms with Crippen LogP contribution in [0.15, 0.2) is 18.2 Å². The summed E-state index contributed by atoms with van der Waals surface area (Å²) in [6.07, 6.45) is -0.891. The van der Waals surface area contributed by atoms with Gasteiger partial charge < -0.3 is 14.7 Å². The van der Waals surface area contributed by atoms with Gasteiger partial charge in [-0.3, -0.25) is 0 Å². The van der Waals surface area contributed by atoms with E-state index in [9.17, 15) is 4.79 Å². The van der Waals surface area contributed by atoms with E-state index in [1.54, 1.807) is 6.07 Å². The highest BCUT2D eigenvalue weighted by Crippen LogP contribution is 2.40. The van der Waals surface area contributed by atoms with E-state index in [4.69, 9.17) is 21.4 Å². The number of anilines is 1. The van der Waals surface area contributed by atoms with Gasteiger partial charge >= 0.3 is 5.97 Å². The number of aliphatic carboxylic acids is 1. The molecular weight excluding hydrogens is 230 g/mol. The van der Waals surface area contributed by atoms with Crippen LogP contribution in [-0.4, -0.2) is 30.3 Å². The fourth-order valence-electron chi connectivity index (χ4n) is 1.80. The van der Waals surface area contributed by atoms with Crippen molar-refractivity contribution in [1.82, 2.24) is 0 Å². The average molecular weight is 242 g/mol. The second kappa shape index (κ2) is 3.87. The van der Waals surface area contributed by atoms with Crippen molar-refractivity contribution in [3.63, 3.8) is 0 Å². The Morgan fingerprint density at radius 2 is 2.25 bits per heavy atom. The third-order valence-electron chi connectivity index (χ3n) is 2.86. The summed E-state index contributed by atoms with van der Waals surface area (Å²) < 4.78 is 5.43. The van der Waals surface area contributed by atoms with Crippen molar-refractivity contribution in [2.75, 3.05) is 11.9 Å². The number of carbonyl (C=O) groups is 1. The van der Waals surface area contributed by atoms with Crippen molar-refractivity contribution >= 4 is 23.3 Å². The summed E-state index contributed by atoms with van der Waals surface area (Å²) in [4.78, 5) is 12.9. The average Bonchev–Trinajstić information content (AvgIpc) is 2.23. The topological polar surface area (TPSA) is 49.8 Å². The Morgan fingerprint density at radius 1 is 1.56 bits per heavy atom. The third-order valence-corrected chi connectivity index (χ3v) is 3.16. The minimum Gasteiger partial charge on any atom is -0.478 e.